The summed E-state index contributed by atoms with van der Waals surface area (Å²) in [5.74, 6) is -0.829. The summed E-state index contributed by atoms with van der Waals surface area (Å²) in [6.07, 6.45) is -1.45. The van der Waals surface area contributed by atoms with E-state index in [1.165, 1.54) is 36.5 Å². The van der Waals surface area contributed by atoms with E-state index in [1.807, 2.05) is 0 Å². The Labute approximate surface area is 141 Å². The van der Waals surface area contributed by atoms with Gasteiger partial charge in [-0.25, -0.2) is 9.78 Å². The van der Waals surface area contributed by atoms with Crippen molar-refractivity contribution in [3.63, 3.8) is 0 Å². The lowest BCUT2D eigenvalue weighted by atomic mass is 10.1. The van der Waals surface area contributed by atoms with E-state index in [9.17, 15) is 18.0 Å². The first-order chi connectivity index (χ1) is 11.9. The molecule has 0 aliphatic carbocycles. The predicted molar refractivity (Wildman–Crippen MR) is 85.2 cm³/mol. The SMILES string of the molecule is O=C(O)c1ccc(Cn2ccnc2-c2ccccc2C(F)(F)F)cc1. The highest BCUT2D eigenvalue weighted by Crippen LogP contribution is 2.36. The molecule has 0 atom stereocenters. The molecule has 7 heteroatoms. The first-order valence-corrected chi connectivity index (χ1v) is 7.36. The largest absolute Gasteiger partial charge is 0.478 e. The molecule has 0 amide bonds. The van der Waals surface area contributed by atoms with Gasteiger partial charge in [-0.05, 0) is 23.8 Å². The molecule has 25 heavy (non-hydrogen) atoms. The van der Waals surface area contributed by atoms with Crippen molar-refractivity contribution in [2.24, 2.45) is 0 Å². The van der Waals surface area contributed by atoms with Gasteiger partial charge in [0, 0.05) is 24.5 Å². The molecule has 3 aromatic rings. The van der Waals surface area contributed by atoms with Crippen molar-refractivity contribution in [1.29, 1.82) is 0 Å². The molecule has 0 saturated carbocycles. The zero-order chi connectivity index (χ0) is 18.0. The summed E-state index contributed by atoms with van der Waals surface area (Å²) in [6.45, 7) is 0.279. The lowest BCUT2D eigenvalue weighted by molar-refractivity contribution is -0.137. The van der Waals surface area contributed by atoms with Gasteiger partial charge < -0.3 is 9.67 Å². The van der Waals surface area contributed by atoms with Gasteiger partial charge in [-0.3, -0.25) is 0 Å². The zero-order valence-corrected chi connectivity index (χ0v) is 12.9. The summed E-state index contributed by atoms with van der Waals surface area (Å²) in [5, 5.41) is 8.91. The van der Waals surface area contributed by atoms with Gasteiger partial charge >= 0.3 is 12.1 Å². The van der Waals surface area contributed by atoms with E-state index in [0.717, 1.165) is 11.6 Å². The molecular formula is C18H13F3N2O2. The molecule has 1 heterocycles. The molecule has 0 spiro atoms. The third-order valence-corrected chi connectivity index (χ3v) is 3.74. The Kier molecular flexibility index (Phi) is 4.31. The molecule has 2 aromatic carbocycles. The van der Waals surface area contributed by atoms with Gasteiger partial charge in [0.2, 0.25) is 0 Å². The van der Waals surface area contributed by atoms with Crippen LogP contribution in [-0.2, 0) is 12.7 Å². The fraction of sp³-hybridized carbons (Fsp3) is 0.111. The van der Waals surface area contributed by atoms with Gasteiger partial charge in [0.25, 0.3) is 0 Å². The number of benzene rings is 2. The van der Waals surface area contributed by atoms with Crippen LogP contribution in [-0.4, -0.2) is 20.6 Å². The summed E-state index contributed by atoms with van der Waals surface area (Å²) >= 11 is 0. The monoisotopic (exact) mass is 346 g/mol. The zero-order valence-electron chi connectivity index (χ0n) is 12.9. The molecule has 0 aliphatic heterocycles. The minimum absolute atomic E-state index is 0.00200. The number of halogens is 3. The van der Waals surface area contributed by atoms with Gasteiger partial charge in [-0.15, -0.1) is 0 Å². The Bertz CT molecular complexity index is 899. The second-order valence-electron chi connectivity index (χ2n) is 5.42. The molecule has 0 radical (unpaired) electrons. The highest BCUT2D eigenvalue weighted by atomic mass is 19.4. The maximum Gasteiger partial charge on any atom is 0.417 e. The number of aromatic nitrogens is 2. The maximum atomic E-state index is 13.2. The van der Waals surface area contributed by atoms with Crippen molar-refractivity contribution >= 4 is 5.97 Å². The van der Waals surface area contributed by atoms with Crippen LogP contribution in [0.15, 0.2) is 60.9 Å². The van der Waals surface area contributed by atoms with Crippen molar-refractivity contribution < 1.29 is 23.1 Å². The van der Waals surface area contributed by atoms with Crippen molar-refractivity contribution in [3.8, 4) is 11.4 Å². The van der Waals surface area contributed by atoms with E-state index < -0.39 is 17.7 Å². The number of hydrogen-bond donors (Lipinski definition) is 1. The molecule has 0 saturated heterocycles. The Hall–Kier alpha value is -3.09. The summed E-state index contributed by atoms with van der Waals surface area (Å²) < 4.78 is 41.3. The smallest absolute Gasteiger partial charge is 0.417 e. The van der Waals surface area contributed by atoms with Crippen LogP contribution in [0.5, 0.6) is 0 Å². The summed E-state index contributed by atoms with van der Waals surface area (Å²) in [6, 6.07) is 11.4. The second kappa shape index (κ2) is 6.43. The first-order valence-electron chi connectivity index (χ1n) is 7.36. The average Bonchev–Trinajstić information content (AvgIpc) is 3.02. The van der Waals surface area contributed by atoms with E-state index in [2.05, 4.69) is 4.98 Å². The van der Waals surface area contributed by atoms with Crippen LogP contribution < -0.4 is 0 Å². The number of carbonyl (C=O) groups is 1. The van der Waals surface area contributed by atoms with Crippen molar-refractivity contribution in [1.82, 2.24) is 9.55 Å². The molecular weight excluding hydrogens is 333 g/mol. The van der Waals surface area contributed by atoms with Crippen molar-refractivity contribution in [2.75, 3.05) is 0 Å². The number of aromatic carboxylic acids is 1. The molecule has 128 valence electrons. The minimum Gasteiger partial charge on any atom is -0.478 e. The lowest BCUT2D eigenvalue weighted by Crippen LogP contribution is -2.09. The lowest BCUT2D eigenvalue weighted by Gasteiger charge is -2.14. The number of carboxylic acids is 1. The van der Waals surface area contributed by atoms with Gasteiger partial charge in [0.15, 0.2) is 0 Å². The number of nitrogens with zero attached hydrogens (tertiary/aromatic N) is 2. The Morgan fingerprint density at radius 2 is 1.76 bits per heavy atom. The highest BCUT2D eigenvalue weighted by Gasteiger charge is 2.34. The van der Waals surface area contributed by atoms with Crippen LogP contribution in [0.3, 0.4) is 0 Å². The van der Waals surface area contributed by atoms with Crippen LogP contribution in [0, 0.1) is 0 Å². The molecule has 0 bridgehead atoms. The van der Waals surface area contributed by atoms with Gasteiger partial charge in [-0.1, -0.05) is 30.3 Å². The van der Waals surface area contributed by atoms with E-state index >= 15 is 0 Å². The third-order valence-electron chi connectivity index (χ3n) is 3.74. The van der Waals surface area contributed by atoms with E-state index in [4.69, 9.17) is 5.11 Å². The summed E-state index contributed by atoms with van der Waals surface area (Å²) in [5.41, 5.74) is 0.164. The summed E-state index contributed by atoms with van der Waals surface area (Å²) in [7, 11) is 0. The number of carboxylic acid groups (broad SMARTS) is 1. The van der Waals surface area contributed by atoms with Crippen LogP contribution in [0.4, 0.5) is 13.2 Å². The van der Waals surface area contributed by atoms with E-state index in [-0.39, 0.29) is 23.5 Å². The molecule has 1 N–H and O–H groups in total. The number of rotatable bonds is 4. The van der Waals surface area contributed by atoms with Crippen LogP contribution in [0.25, 0.3) is 11.4 Å². The van der Waals surface area contributed by atoms with Gasteiger partial charge in [0.05, 0.1) is 11.1 Å². The average molecular weight is 346 g/mol. The normalized spacial score (nSPS) is 11.5. The molecule has 0 unspecified atom stereocenters. The standard InChI is InChI=1S/C18H13F3N2O2/c19-18(20,21)15-4-2-1-3-14(15)16-22-9-10-23(16)11-12-5-7-13(8-6-12)17(24)25/h1-10H,11H2,(H,24,25). The predicted octanol–water partition coefficient (Wildman–Crippen LogP) is 4.32. The highest BCUT2D eigenvalue weighted by molar-refractivity contribution is 5.87. The molecule has 3 rings (SSSR count). The van der Waals surface area contributed by atoms with Gasteiger partial charge in [0.1, 0.15) is 5.82 Å². The Morgan fingerprint density at radius 3 is 2.40 bits per heavy atom. The minimum atomic E-state index is -4.48. The second-order valence-corrected chi connectivity index (χ2v) is 5.42. The van der Waals surface area contributed by atoms with E-state index in [1.54, 1.807) is 22.9 Å². The molecule has 4 nitrogen and oxygen atoms in total. The number of hydrogen-bond acceptors (Lipinski definition) is 2. The Balaban J connectivity index is 1.96. The first kappa shape index (κ1) is 16.8. The van der Waals surface area contributed by atoms with Crippen LogP contribution >= 0.6 is 0 Å². The molecule has 1 aromatic heterocycles. The number of imidazole rings is 1. The van der Waals surface area contributed by atoms with Crippen LogP contribution in [0.1, 0.15) is 21.5 Å². The molecule has 0 fully saturated rings. The quantitative estimate of drug-likeness (QED) is 0.766. The van der Waals surface area contributed by atoms with E-state index in [0.29, 0.717) is 0 Å². The third kappa shape index (κ3) is 3.55. The fourth-order valence-corrected chi connectivity index (χ4v) is 2.56. The van der Waals surface area contributed by atoms with Gasteiger partial charge in [-0.2, -0.15) is 13.2 Å². The Morgan fingerprint density at radius 1 is 1.08 bits per heavy atom. The van der Waals surface area contributed by atoms with Crippen molar-refractivity contribution in [2.45, 2.75) is 12.7 Å². The van der Waals surface area contributed by atoms with Crippen LogP contribution in [0.2, 0.25) is 0 Å². The van der Waals surface area contributed by atoms with Crippen molar-refractivity contribution in [3.05, 3.63) is 77.6 Å². The maximum absolute atomic E-state index is 13.2. The molecule has 0 aliphatic rings. The fourth-order valence-electron chi connectivity index (χ4n) is 2.56. The topological polar surface area (TPSA) is 55.1 Å². The number of alkyl halides is 3. The summed E-state index contributed by atoms with van der Waals surface area (Å²) in [4.78, 5) is 14.9.